The van der Waals surface area contributed by atoms with Gasteiger partial charge in [-0.15, -0.1) is 0 Å². The number of hydrogen-bond donors (Lipinski definition) is 0. The predicted molar refractivity (Wildman–Crippen MR) is 99.0 cm³/mol. The molecule has 0 radical (unpaired) electrons. The summed E-state index contributed by atoms with van der Waals surface area (Å²) in [4.78, 5) is 14.5. The molecule has 2 nitrogen and oxygen atoms in total. The van der Waals surface area contributed by atoms with E-state index in [2.05, 4.69) is 24.3 Å². The molecule has 0 spiro atoms. The van der Waals surface area contributed by atoms with Gasteiger partial charge in [0.05, 0.1) is 6.54 Å². The highest BCUT2D eigenvalue weighted by atomic mass is 16.1. The quantitative estimate of drug-likeness (QED) is 0.616. The minimum atomic E-state index is 0.146. The van der Waals surface area contributed by atoms with Crippen LogP contribution < -0.4 is 0 Å². The lowest BCUT2D eigenvalue weighted by Gasteiger charge is -2.16. The van der Waals surface area contributed by atoms with E-state index >= 15 is 0 Å². The molecule has 0 saturated heterocycles. The van der Waals surface area contributed by atoms with Gasteiger partial charge in [0.25, 0.3) is 0 Å². The molecule has 0 aliphatic heterocycles. The third kappa shape index (κ3) is 4.18. The molecule has 120 valence electrons. The van der Waals surface area contributed by atoms with Gasteiger partial charge in [-0.25, -0.2) is 0 Å². The predicted octanol–water partition coefficient (Wildman–Crippen LogP) is 4.67. The van der Waals surface area contributed by atoms with Crippen molar-refractivity contribution in [2.45, 2.75) is 6.54 Å². The molecule has 3 aromatic rings. The molecule has 0 bridgehead atoms. The Labute approximate surface area is 143 Å². The molecule has 0 saturated carbocycles. The van der Waals surface area contributed by atoms with Gasteiger partial charge in [0, 0.05) is 12.1 Å². The Balaban J connectivity index is 1.63. The Bertz CT molecular complexity index is 779. The Kier molecular flexibility index (Phi) is 5.19. The number of nitrogens with zero attached hydrogens (tertiary/aromatic N) is 1. The Morgan fingerprint density at radius 1 is 0.750 bits per heavy atom. The average molecular weight is 315 g/mol. The SMILES string of the molecule is CN(CC(=O)c1ccc(-c2ccccc2)cc1)Cc1ccccc1. The topological polar surface area (TPSA) is 20.3 Å². The molecule has 0 aromatic heterocycles. The summed E-state index contributed by atoms with van der Waals surface area (Å²) in [6, 6.07) is 28.3. The van der Waals surface area contributed by atoms with E-state index in [0.717, 1.165) is 23.2 Å². The largest absolute Gasteiger partial charge is 0.295 e. The van der Waals surface area contributed by atoms with Gasteiger partial charge >= 0.3 is 0 Å². The van der Waals surface area contributed by atoms with Crippen LogP contribution in [0.2, 0.25) is 0 Å². The maximum atomic E-state index is 12.5. The zero-order valence-electron chi connectivity index (χ0n) is 13.9. The Hall–Kier alpha value is -2.71. The van der Waals surface area contributed by atoms with Crippen LogP contribution in [-0.2, 0) is 6.54 Å². The fourth-order valence-electron chi connectivity index (χ4n) is 2.77. The number of ketones is 1. The molecule has 0 aliphatic rings. The van der Waals surface area contributed by atoms with Gasteiger partial charge in [0.2, 0.25) is 0 Å². The average Bonchev–Trinajstić information content (AvgIpc) is 2.63. The molecule has 2 heteroatoms. The van der Waals surface area contributed by atoms with Crippen LogP contribution in [0.1, 0.15) is 15.9 Å². The number of carbonyl (C=O) groups is 1. The summed E-state index contributed by atoms with van der Waals surface area (Å²) >= 11 is 0. The molecule has 3 aromatic carbocycles. The van der Waals surface area contributed by atoms with Crippen LogP contribution >= 0.6 is 0 Å². The first kappa shape index (κ1) is 16.2. The van der Waals surface area contributed by atoms with E-state index in [4.69, 9.17) is 0 Å². The second-order valence-corrected chi connectivity index (χ2v) is 6.02. The van der Waals surface area contributed by atoms with Gasteiger partial charge in [0.1, 0.15) is 0 Å². The molecule has 0 aliphatic carbocycles. The lowest BCUT2D eigenvalue weighted by atomic mass is 10.0. The van der Waals surface area contributed by atoms with E-state index in [-0.39, 0.29) is 5.78 Å². The van der Waals surface area contributed by atoms with E-state index in [1.807, 2.05) is 72.6 Å². The van der Waals surface area contributed by atoms with Gasteiger partial charge in [-0.3, -0.25) is 9.69 Å². The van der Waals surface area contributed by atoms with Crippen molar-refractivity contribution in [3.63, 3.8) is 0 Å². The molecule has 0 amide bonds. The standard InChI is InChI=1S/C22H21NO/c1-23(16-18-8-4-2-5-9-18)17-22(24)21-14-12-20(13-15-21)19-10-6-3-7-11-19/h2-15H,16-17H2,1H3. The third-order valence-electron chi connectivity index (χ3n) is 4.02. The molecular weight excluding hydrogens is 294 g/mol. The van der Waals surface area contributed by atoms with Gasteiger partial charge in [-0.05, 0) is 23.7 Å². The van der Waals surface area contributed by atoms with Crippen molar-refractivity contribution in [3.8, 4) is 11.1 Å². The van der Waals surface area contributed by atoms with Crippen molar-refractivity contribution >= 4 is 5.78 Å². The van der Waals surface area contributed by atoms with Crippen LogP contribution in [0.4, 0.5) is 0 Å². The number of carbonyl (C=O) groups excluding carboxylic acids is 1. The lowest BCUT2D eigenvalue weighted by Crippen LogP contribution is -2.25. The summed E-state index contributed by atoms with van der Waals surface area (Å²) in [7, 11) is 1.98. The number of likely N-dealkylation sites (N-methyl/N-ethyl adjacent to an activating group) is 1. The van der Waals surface area contributed by atoms with Gasteiger partial charge in [-0.2, -0.15) is 0 Å². The molecule has 3 rings (SSSR count). The maximum Gasteiger partial charge on any atom is 0.176 e. The van der Waals surface area contributed by atoms with Crippen molar-refractivity contribution in [1.29, 1.82) is 0 Å². The highest BCUT2D eigenvalue weighted by Crippen LogP contribution is 2.19. The van der Waals surface area contributed by atoms with Crippen LogP contribution in [0.3, 0.4) is 0 Å². The number of benzene rings is 3. The van der Waals surface area contributed by atoms with E-state index < -0.39 is 0 Å². The monoisotopic (exact) mass is 315 g/mol. The zero-order chi connectivity index (χ0) is 16.8. The summed E-state index contributed by atoms with van der Waals surface area (Å²) in [6.07, 6.45) is 0. The van der Waals surface area contributed by atoms with Crippen LogP contribution in [0.5, 0.6) is 0 Å². The maximum absolute atomic E-state index is 12.5. The van der Waals surface area contributed by atoms with Crippen molar-refractivity contribution in [1.82, 2.24) is 4.90 Å². The lowest BCUT2D eigenvalue weighted by molar-refractivity contribution is 0.0943. The van der Waals surface area contributed by atoms with E-state index in [0.29, 0.717) is 6.54 Å². The minimum Gasteiger partial charge on any atom is -0.295 e. The smallest absolute Gasteiger partial charge is 0.176 e. The summed E-state index contributed by atoms with van der Waals surface area (Å²) in [6.45, 7) is 1.19. The molecular formula is C22H21NO. The molecule has 0 fully saturated rings. The second-order valence-electron chi connectivity index (χ2n) is 6.02. The van der Waals surface area contributed by atoms with Crippen LogP contribution in [0.15, 0.2) is 84.9 Å². The van der Waals surface area contributed by atoms with Crippen LogP contribution in [0.25, 0.3) is 11.1 Å². The number of Topliss-reactive ketones (excluding diaryl/α,β-unsaturated/α-hetero) is 1. The Morgan fingerprint density at radius 2 is 1.29 bits per heavy atom. The normalized spacial score (nSPS) is 10.8. The number of rotatable bonds is 6. The first-order valence-electron chi connectivity index (χ1n) is 8.13. The summed E-state index contributed by atoms with van der Waals surface area (Å²) in [5.41, 5.74) is 4.27. The van der Waals surface area contributed by atoms with Crippen LogP contribution in [0, 0.1) is 0 Å². The molecule has 24 heavy (non-hydrogen) atoms. The molecule has 0 N–H and O–H groups in total. The van der Waals surface area contributed by atoms with Gasteiger partial charge in [-0.1, -0.05) is 84.9 Å². The molecule has 0 unspecified atom stereocenters. The second kappa shape index (κ2) is 7.71. The van der Waals surface area contributed by atoms with E-state index in [1.165, 1.54) is 5.56 Å². The molecule has 0 atom stereocenters. The van der Waals surface area contributed by atoms with Gasteiger partial charge in [0.15, 0.2) is 5.78 Å². The summed E-state index contributed by atoms with van der Waals surface area (Å²) in [5.74, 6) is 0.146. The van der Waals surface area contributed by atoms with Crippen molar-refractivity contribution in [3.05, 3.63) is 96.1 Å². The van der Waals surface area contributed by atoms with Crippen molar-refractivity contribution < 1.29 is 4.79 Å². The summed E-state index contributed by atoms with van der Waals surface area (Å²) in [5, 5.41) is 0. The first-order valence-corrected chi connectivity index (χ1v) is 8.13. The zero-order valence-corrected chi connectivity index (χ0v) is 13.9. The summed E-state index contributed by atoms with van der Waals surface area (Å²) < 4.78 is 0. The fourth-order valence-corrected chi connectivity index (χ4v) is 2.77. The highest BCUT2D eigenvalue weighted by Gasteiger charge is 2.10. The Morgan fingerprint density at radius 3 is 1.92 bits per heavy atom. The van der Waals surface area contributed by atoms with Crippen molar-refractivity contribution in [2.75, 3.05) is 13.6 Å². The van der Waals surface area contributed by atoms with Gasteiger partial charge < -0.3 is 0 Å². The molecule has 0 heterocycles. The third-order valence-corrected chi connectivity index (χ3v) is 4.02. The van der Waals surface area contributed by atoms with Crippen LogP contribution in [-0.4, -0.2) is 24.3 Å². The first-order chi connectivity index (χ1) is 11.7. The van der Waals surface area contributed by atoms with Crippen molar-refractivity contribution in [2.24, 2.45) is 0 Å². The minimum absolute atomic E-state index is 0.146. The number of hydrogen-bond acceptors (Lipinski definition) is 2. The fraction of sp³-hybridized carbons (Fsp3) is 0.136. The highest BCUT2D eigenvalue weighted by molar-refractivity contribution is 5.98. The van der Waals surface area contributed by atoms with E-state index in [9.17, 15) is 4.79 Å². The van der Waals surface area contributed by atoms with E-state index in [1.54, 1.807) is 0 Å².